The summed E-state index contributed by atoms with van der Waals surface area (Å²) in [4.78, 5) is 25.5. The molecule has 0 radical (unpaired) electrons. The number of nitrogens with zero attached hydrogens (tertiary/aromatic N) is 2. The van der Waals surface area contributed by atoms with Gasteiger partial charge in [-0.05, 0) is 0 Å². The molecule has 1 aliphatic rings. The minimum Gasteiger partial charge on any atom is -0.395 e. The number of nitrogens with two attached hydrogens (primary N) is 1. The van der Waals surface area contributed by atoms with Crippen LogP contribution in [0.2, 0.25) is 0 Å². The highest BCUT2D eigenvalue weighted by Crippen LogP contribution is 2.32. The van der Waals surface area contributed by atoms with E-state index in [2.05, 4.69) is 20.8 Å². The van der Waals surface area contributed by atoms with Crippen molar-refractivity contribution in [2.75, 3.05) is 37.3 Å². The number of hydrogen-bond donors (Lipinski definition) is 4. The van der Waals surface area contributed by atoms with Gasteiger partial charge in [-0.25, -0.2) is 0 Å². The van der Waals surface area contributed by atoms with Crippen molar-refractivity contribution < 1.29 is 14.7 Å². The molecule has 0 amide bonds. The maximum Gasteiger partial charge on any atom is 0.198 e. The molecule has 5 N–H and O–H groups in total. The first-order valence-electron chi connectivity index (χ1n) is 7.55. The highest BCUT2D eigenvalue weighted by atomic mass is 35.5. The molecular formula is C16H19Cl2N5O3. The van der Waals surface area contributed by atoms with E-state index in [1.165, 1.54) is 0 Å². The molecule has 26 heavy (non-hydrogen) atoms. The van der Waals surface area contributed by atoms with Gasteiger partial charge in [-0.15, -0.1) is 35.0 Å². The van der Waals surface area contributed by atoms with Gasteiger partial charge in [-0.2, -0.15) is 0 Å². The quantitative estimate of drug-likeness (QED) is 0.445. The summed E-state index contributed by atoms with van der Waals surface area (Å²) in [6.45, 7) is 1.52. The van der Waals surface area contributed by atoms with Crippen LogP contribution < -0.4 is 16.4 Å². The van der Waals surface area contributed by atoms with Crippen molar-refractivity contribution in [2.45, 2.75) is 0 Å². The molecule has 140 valence electrons. The van der Waals surface area contributed by atoms with Crippen LogP contribution in [-0.4, -0.2) is 53.1 Å². The molecule has 0 spiro atoms. The molecule has 0 saturated carbocycles. The summed E-state index contributed by atoms with van der Waals surface area (Å²) in [6.07, 6.45) is 0. The number of carbonyl (C=O) groups is 2. The second-order valence-corrected chi connectivity index (χ2v) is 5.29. The third kappa shape index (κ3) is 3.94. The van der Waals surface area contributed by atoms with Crippen molar-refractivity contribution in [1.29, 1.82) is 0 Å². The molecule has 0 unspecified atom stereocenters. The van der Waals surface area contributed by atoms with Crippen molar-refractivity contribution in [3.8, 4) is 0 Å². The lowest BCUT2D eigenvalue weighted by Crippen LogP contribution is -2.28. The van der Waals surface area contributed by atoms with E-state index >= 15 is 0 Å². The Labute approximate surface area is 162 Å². The van der Waals surface area contributed by atoms with E-state index in [9.17, 15) is 9.59 Å². The first-order valence-corrected chi connectivity index (χ1v) is 7.55. The number of nitrogen functional groups attached to an aromatic ring is 1. The Balaban J connectivity index is 0.00000169. The van der Waals surface area contributed by atoms with Gasteiger partial charge >= 0.3 is 0 Å². The molecule has 0 saturated heterocycles. The van der Waals surface area contributed by atoms with E-state index in [0.717, 1.165) is 0 Å². The van der Waals surface area contributed by atoms with Gasteiger partial charge in [0.05, 0.1) is 17.7 Å². The molecule has 3 rings (SSSR count). The number of benzene rings is 1. The Morgan fingerprint density at radius 1 is 0.923 bits per heavy atom. The third-order valence-corrected chi connectivity index (χ3v) is 3.75. The minimum absolute atomic E-state index is 0. The molecular weight excluding hydrogens is 381 g/mol. The van der Waals surface area contributed by atoms with Crippen molar-refractivity contribution in [3.05, 3.63) is 46.5 Å². The fourth-order valence-electron chi connectivity index (χ4n) is 2.65. The van der Waals surface area contributed by atoms with E-state index in [4.69, 9.17) is 10.8 Å². The monoisotopic (exact) mass is 399 g/mol. The summed E-state index contributed by atoms with van der Waals surface area (Å²) in [6, 6.07) is 6.62. The average molecular weight is 400 g/mol. The first kappa shape index (κ1) is 21.8. The van der Waals surface area contributed by atoms with Crippen LogP contribution in [-0.2, 0) is 0 Å². The van der Waals surface area contributed by atoms with E-state index in [1.54, 1.807) is 24.3 Å². The number of aliphatic hydroxyl groups excluding tert-OH is 1. The summed E-state index contributed by atoms with van der Waals surface area (Å²) in [5.41, 5.74) is 6.72. The highest BCUT2D eigenvalue weighted by molar-refractivity contribution is 6.31. The zero-order valence-electron chi connectivity index (χ0n) is 13.7. The Kier molecular flexibility index (Phi) is 7.91. The maximum atomic E-state index is 12.8. The Morgan fingerprint density at radius 2 is 1.54 bits per heavy atom. The fourth-order valence-corrected chi connectivity index (χ4v) is 2.65. The maximum absolute atomic E-state index is 12.8. The van der Waals surface area contributed by atoms with E-state index < -0.39 is 0 Å². The summed E-state index contributed by atoms with van der Waals surface area (Å²) >= 11 is 0. The summed E-state index contributed by atoms with van der Waals surface area (Å²) in [7, 11) is 0. The fraction of sp³-hybridized carbons (Fsp3) is 0.250. The summed E-state index contributed by atoms with van der Waals surface area (Å²) < 4.78 is 0. The number of fused-ring (bicyclic) bond motifs is 2. The van der Waals surface area contributed by atoms with Gasteiger partial charge < -0.3 is 21.5 Å². The second kappa shape index (κ2) is 9.44. The molecule has 1 aliphatic carbocycles. The molecule has 0 bridgehead atoms. The number of aliphatic hydroxyl groups is 1. The average Bonchev–Trinajstić information content (AvgIpc) is 2.60. The number of hydrogen-bond acceptors (Lipinski definition) is 8. The Hall–Kier alpha value is -2.26. The molecule has 0 fully saturated rings. The molecule has 1 aromatic carbocycles. The zero-order valence-corrected chi connectivity index (χ0v) is 15.3. The van der Waals surface area contributed by atoms with Crippen LogP contribution in [0.25, 0.3) is 0 Å². The number of aromatic nitrogens is 2. The van der Waals surface area contributed by atoms with Gasteiger partial charge in [0.2, 0.25) is 0 Å². The lowest BCUT2D eigenvalue weighted by Gasteiger charge is -2.20. The third-order valence-electron chi connectivity index (χ3n) is 3.75. The summed E-state index contributed by atoms with van der Waals surface area (Å²) in [5.74, 6) is -0.443. The van der Waals surface area contributed by atoms with Crippen LogP contribution in [0, 0.1) is 0 Å². The molecule has 1 aromatic heterocycles. The minimum atomic E-state index is -0.325. The number of halogens is 2. The number of anilines is 2. The lowest BCUT2D eigenvalue weighted by atomic mass is 9.84. The molecule has 8 nitrogen and oxygen atoms in total. The number of carbonyl (C=O) groups excluding carboxylic acids is 2. The molecule has 10 heteroatoms. The predicted octanol–water partition coefficient (Wildman–Crippen LogP) is 0.672. The van der Waals surface area contributed by atoms with Gasteiger partial charge in [0.25, 0.3) is 0 Å². The van der Waals surface area contributed by atoms with E-state index in [-0.39, 0.29) is 65.8 Å². The van der Waals surface area contributed by atoms with Gasteiger partial charge in [-0.1, -0.05) is 24.3 Å². The highest BCUT2D eigenvalue weighted by Gasteiger charge is 2.34. The zero-order chi connectivity index (χ0) is 17.1. The van der Waals surface area contributed by atoms with Crippen LogP contribution in [0.1, 0.15) is 31.8 Å². The smallest absolute Gasteiger partial charge is 0.198 e. The van der Waals surface area contributed by atoms with Gasteiger partial charge in [0.15, 0.2) is 23.2 Å². The van der Waals surface area contributed by atoms with E-state index in [1.807, 2.05) is 0 Å². The molecule has 1 heterocycles. The standard InChI is InChI=1S/C16H17N5O3.2ClH/c17-15-11-12(16(21-20-15)19-6-5-18-7-8-22)14(24)10-4-2-1-3-9(10)13(11)23;;/h1-4,18,22H,5-8H2,(H2,17,20)(H,19,21);2*1H. The summed E-state index contributed by atoms with van der Waals surface area (Å²) in [5, 5.41) is 22.4. The number of rotatable bonds is 6. The van der Waals surface area contributed by atoms with Crippen molar-refractivity contribution in [1.82, 2.24) is 15.5 Å². The van der Waals surface area contributed by atoms with Gasteiger partial charge in [0.1, 0.15) is 0 Å². The van der Waals surface area contributed by atoms with Crippen LogP contribution in [0.5, 0.6) is 0 Å². The van der Waals surface area contributed by atoms with Gasteiger partial charge in [0, 0.05) is 30.8 Å². The SMILES string of the molecule is Cl.Cl.Nc1nnc(NCCNCCO)c2c1C(=O)c1ccccc1C2=O. The normalized spacial score (nSPS) is 11.7. The topological polar surface area (TPSA) is 130 Å². The van der Waals surface area contributed by atoms with Crippen LogP contribution >= 0.6 is 24.8 Å². The van der Waals surface area contributed by atoms with Crippen molar-refractivity contribution in [3.63, 3.8) is 0 Å². The second-order valence-electron chi connectivity index (χ2n) is 5.29. The van der Waals surface area contributed by atoms with Crippen LogP contribution in [0.4, 0.5) is 11.6 Å². The first-order chi connectivity index (χ1) is 11.6. The largest absolute Gasteiger partial charge is 0.395 e. The van der Waals surface area contributed by atoms with Crippen LogP contribution in [0.3, 0.4) is 0 Å². The van der Waals surface area contributed by atoms with E-state index in [0.29, 0.717) is 30.8 Å². The predicted molar refractivity (Wildman–Crippen MR) is 103 cm³/mol. The molecule has 0 aliphatic heterocycles. The number of ketones is 2. The molecule has 0 atom stereocenters. The van der Waals surface area contributed by atoms with Crippen molar-refractivity contribution in [2.24, 2.45) is 0 Å². The lowest BCUT2D eigenvalue weighted by molar-refractivity contribution is 0.0979. The van der Waals surface area contributed by atoms with Crippen LogP contribution in [0.15, 0.2) is 24.3 Å². The van der Waals surface area contributed by atoms with Gasteiger partial charge in [-0.3, -0.25) is 9.59 Å². The number of nitrogens with one attached hydrogen (secondary N) is 2. The van der Waals surface area contributed by atoms with Crippen molar-refractivity contribution >= 4 is 48.0 Å². The Morgan fingerprint density at radius 3 is 2.15 bits per heavy atom. The Bertz CT molecular complexity index is 816. The molecule has 2 aromatic rings.